The molecule has 0 radical (unpaired) electrons. The molecule has 3 saturated heterocycles. The van der Waals surface area contributed by atoms with Crippen LogP contribution in [0, 0.1) is 0 Å². The van der Waals surface area contributed by atoms with Crippen LogP contribution in [0.25, 0.3) is 0 Å². The maximum Gasteiger partial charge on any atom is 0.0352 e. The highest BCUT2D eigenvalue weighted by Gasteiger charge is 2.42. The largest absolute Gasteiger partial charge is 0.298 e. The van der Waals surface area contributed by atoms with Crippen molar-refractivity contribution in [3.63, 3.8) is 0 Å². The third-order valence-electron chi connectivity index (χ3n) is 4.43. The molecule has 3 nitrogen and oxygen atoms in total. The minimum atomic E-state index is 0.744. The third kappa shape index (κ3) is 1.71. The molecule has 15 heavy (non-hydrogen) atoms. The molecule has 0 atom stereocenters. The lowest BCUT2D eigenvalue weighted by atomic mass is 9.96. The lowest BCUT2D eigenvalue weighted by Crippen LogP contribution is -2.71. The summed E-state index contributed by atoms with van der Waals surface area (Å²) in [5, 5.41) is 0. The first-order valence-electron chi connectivity index (χ1n) is 6.46. The Morgan fingerprint density at radius 1 is 0.867 bits per heavy atom. The van der Waals surface area contributed by atoms with Gasteiger partial charge in [-0.2, -0.15) is 0 Å². The van der Waals surface area contributed by atoms with E-state index in [0.29, 0.717) is 0 Å². The van der Waals surface area contributed by atoms with E-state index in [1.165, 1.54) is 45.7 Å². The van der Waals surface area contributed by atoms with E-state index in [0.717, 1.165) is 18.1 Å². The molecule has 86 valence electrons. The zero-order chi connectivity index (χ0) is 10.4. The van der Waals surface area contributed by atoms with Crippen LogP contribution in [0.4, 0.5) is 0 Å². The second kappa shape index (κ2) is 3.72. The van der Waals surface area contributed by atoms with E-state index < -0.39 is 0 Å². The fourth-order valence-corrected chi connectivity index (χ4v) is 2.86. The lowest BCUT2D eigenvalue weighted by molar-refractivity contribution is -0.0718. The summed E-state index contributed by atoms with van der Waals surface area (Å²) in [6, 6.07) is 2.53. The normalized spacial score (nSPS) is 31.4. The molecule has 3 rings (SSSR count). The maximum absolute atomic E-state index is 2.68. The number of likely N-dealkylation sites (tertiary alicyclic amines) is 3. The summed E-state index contributed by atoms with van der Waals surface area (Å²) in [6.45, 7) is 12.6. The first-order chi connectivity index (χ1) is 7.24. The molecule has 3 fully saturated rings. The molecule has 0 N–H and O–H groups in total. The molecule has 3 aliphatic rings. The zero-order valence-electron chi connectivity index (χ0n) is 10.0. The molecule has 0 aliphatic carbocycles. The Morgan fingerprint density at radius 3 is 1.93 bits per heavy atom. The van der Waals surface area contributed by atoms with Crippen molar-refractivity contribution < 1.29 is 0 Å². The molecule has 0 unspecified atom stereocenters. The van der Waals surface area contributed by atoms with Crippen LogP contribution < -0.4 is 0 Å². The van der Waals surface area contributed by atoms with E-state index in [-0.39, 0.29) is 0 Å². The predicted octanol–water partition coefficient (Wildman–Crippen LogP) is 0.469. The van der Waals surface area contributed by atoms with Crippen LogP contribution in [0.2, 0.25) is 0 Å². The van der Waals surface area contributed by atoms with Crippen LogP contribution in [0.1, 0.15) is 20.3 Å². The second-order valence-electron chi connectivity index (χ2n) is 5.70. The highest BCUT2D eigenvalue weighted by atomic mass is 15.4. The Balaban J connectivity index is 1.38. The quantitative estimate of drug-likeness (QED) is 0.669. The van der Waals surface area contributed by atoms with Gasteiger partial charge in [0.05, 0.1) is 0 Å². The minimum Gasteiger partial charge on any atom is -0.298 e. The molecule has 0 spiro atoms. The molecule has 0 aromatic carbocycles. The highest BCUT2D eigenvalue weighted by Crippen LogP contribution is 2.26. The predicted molar refractivity (Wildman–Crippen MR) is 62.0 cm³/mol. The Bertz CT molecular complexity index is 225. The van der Waals surface area contributed by atoms with Gasteiger partial charge in [-0.3, -0.25) is 14.7 Å². The van der Waals surface area contributed by atoms with Gasteiger partial charge < -0.3 is 0 Å². The van der Waals surface area contributed by atoms with E-state index in [1.807, 2.05) is 0 Å². The summed E-state index contributed by atoms with van der Waals surface area (Å²) in [5.74, 6) is 0. The fourth-order valence-electron chi connectivity index (χ4n) is 2.86. The van der Waals surface area contributed by atoms with Crippen molar-refractivity contribution in [3.05, 3.63) is 0 Å². The van der Waals surface area contributed by atoms with Crippen LogP contribution in [0.15, 0.2) is 0 Å². The van der Waals surface area contributed by atoms with Gasteiger partial charge in [-0.25, -0.2) is 0 Å². The van der Waals surface area contributed by atoms with Gasteiger partial charge in [-0.05, 0) is 33.4 Å². The first kappa shape index (κ1) is 10.1. The van der Waals surface area contributed by atoms with Crippen molar-refractivity contribution in [1.29, 1.82) is 0 Å². The van der Waals surface area contributed by atoms with Crippen molar-refractivity contribution in [2.45, 2.75) is 38.4 Å². The monoisotopic (exact) mass is 209 g/mol. The van der Waals surface area contributed by atoms with Crippen molar-refractivity contribution >= 4 is 0 Å². The van der Waals surface area contributed by atoms with Gasteiger partial charge in [0, 0.05) is 44.3 Å². The number of hydrogen-bond donors (Lipinski definition) is 0. The second-order valence-corrected chi connectivity index (χ2v) is 5.70. The Labute approximate surface area is 93.0 Å². The number of hydrogen-bond acceptors (Lipinski definition) is 3. The SMILES string of the molecule is CC(C)N1CC(N2CC(N3CCC3)C2)C1. The van der Waals surface area contributed by atoms with Crippen molar-refractivity contribution in [2.75, 3.05) is 39.3 Å². The molecular formula is C12H23N3. The Morgan fingerprint density at radius 2 is 1.47 bits per heavy atom. The van der Waals surface area contributed by atoms with E-state index >= 15 is 0 Å². The van der Waals surface area contributed by atoms with Gasteiger partial charge in [0.2, 0.25) is 0 Å². The summed E-state index contributed by atoms with van der Waals surface area (Å²) >= 11 is 0. The molecule has 0 amide bonds. The first-order valence-corrected chi connectivity index (χ1v) is 6.46. The highest BCUT2D eigenvalue weighted by molar-refractivity contribution is 4.99. The van der Waals surface area contributed by atoms with Crippen LogP contribution >= 0.6 is 0 Å². The van der Waals surface area contributed by atoms with Crippen LogP contribution in [0.3, 0.4) is 0 Å². The molecular weight excluding hydrogens is 186 g/mol. The smallest absolute Gasteiger partial charge is 0.0352 e. The minimum absolute atomic E-state index is 0.744. The molecule has 0 bridgehead atoms. The summed E-state index contributed by atoms with van der Waals surface area (Å²) in [4.78, 5) is 7.90. The maximum atomic E-state index is 2.68. The summed E-state index contributed by atoms with van der Waals surface area (Å²) in [7, 11) is 0. The molecule has 0 saturated carbocycles. The van der Waals surface area contributed by atoms with Gasteiger partial charge in [0.15, 0.2) is 0 Å². The van der Waals surface area contributed by atoms with Crippen LogP contribution in [-0.4, -0.2) is 72.1 Å². The van der Waals surface area contributed by atoms with Crippen LogP contribution in [0.5, 0.6) is 0 Å². The van der Waals surface area contributed by atoms with E-state index in [4.69, 9.17) is 0 Å². The molecule has 3 aliphatic heterocycles. The van der Waals surface area contributed by atoms with Crippen molar-refractivity contribution in [1.82, 2.24) is 14.7 Å². The molecule has 3 heterocycles. The van der Waals surface area contributed by atoms with Crippen molar-refractivity contribution in [2.24, 2.45) is 0 Å². The summed E-state index contributed by atoms with van der Waals surface area (Å²) in [6.07, 6.45) is 1.43. The summed E-state index contributed by atoms with van der Waals surface area (Å²) in [5.41, 5.74) is 0. The molecule has 0 aromatic rings. The number of nitrogens with zero attached hydrogens (tertiary/aromatic N) is 3. The van der Waals surface area contributed by atoms with Crippen LogP contribution in [-0.2, 0) is 0 Å². The standard InChI is InChI=1S/C12H23N3/c1-10(2)14-6-12(7-14)15-8-11(9-15)13-4-3-5-13/h10-12H,3-9H2,1-2H3. The Kier molecular flexibility index (Phi) is 2.49. The Hall–Kier alpha value is -0.120. The van der Waals surface area contributed by atoms with E-state index in [1.54, 1.807) is 0 Å². The zero-order valence-corrected chi connectivity index (χ0v) is 10.0. The average molecular weight is 209 g/mol. The lowest BCUT2D eigenvalue weighted by Gasteiger charge is -2.56. The molecule has 0 aromatic heterocycles. The van der Waals surface area contributed by atoms with E-state index in [9.17, 15) is 0 Å². The number of rotatable bonds is 3. The topological polar surface area (TPSA) is 9.72 Å². The third-order valence-corrected chi connectivity index (χ3v) is 4.43. The van der Waals surface area contributed by atoms with Gasteiger partial charge in [0.1, 0.15) is 0 Å². The summed E-state index contributed by atoms with van der Waals surface area (Å²) < 4.78 is 0. The van der Waals surface area contributed by atoms with Gasteiger partial charge >= 0.3 is 0 Å². The van der Waals surface area contributed by atoms with Gasteiger partial charge in [0.25, 0.3) is 0 Å². The van der Waals surface area contributed by atoms with E-state index in [2.05, 4.69) is 28.5 Å². The van der Waals surface area contributed by atoms with Crippen molar-refractivity contribution in [3.8, 4) is 0 Å². The average Bonchev–Trinajstić information content (AvgIpc) is 1.91. The molecule has 3 heteroatoms. The fraction of sp³-hybridized carbons (Fsp3) is 1.00. The van der Waals surface area contributed by atoms with Gasteiger partial charge in [-0.15, -0.1) is 0 Å². The van der Waals surface area contributed by atoms with Gasteiger partial charge in [-0.1, -0.05) is 0 Å².